The second-order valence-electron chi connectivity index (χ2n) is 10.6. The number of piperidine rings is 1. The Labute approximate surface area is 213 Å². The van der Waals surface area contributed by atoms with Gasteiger partial charge in [0.2, 0.25) is 0 Å². The van der Waals surface area contributed by atoms with Gasteiger partial charge in [0.15, 0.2) is 0 Å². The van der Waals surface area contributed by atoms with Gasteiger partial charge in [-0.15, -0.1) is 0 Å². The van der Waals surface area contributed by atoms with Crippen LogP contribution >= 0.6 is 0 Å². The number of aryl methyl sites for hydroxylation is 2. The number of hydrogen-bond acceptors (Lipinski definition) is 4. The number of amides is 2. The summed E-state index contributed by atoms with van der Waals surface area (Å²) in [6.45, 7) is 11.3. The molecule has 7 nitrogen and oxygen atoms in total. The summed E-state index contributed by atoms with van der Waals surface area (Å²) in [5.41, 5.74) is 5.24. The van der Waals surface area contributed by atoms with E-state index in [1.165, 1.54) is 5.56 Å². The summed E-state index contributed by atoms with van der Waals surface area (Å²) >= 11 is 0. The zero-order valence-corrected chi connectivity index (χ0v) is 21.9. The molecule has 0 radical (unpaired) electrons. The van der Waals surface area contributed by atoms with Gasteiger partial charge >= 0.3 is 6.09 Å². The zero-order valence-electron chi connectivity index (χ0n) is 21.9. The van der Waals surface area contributed by atoms with Crippen molar-refractivity contribution in [2.24, 2.45) is 0 Å². The molecule has 4 rings (SSSR count). The monoisotopic (exact) mass is 488 g/mol. The lowest BCUT2D eigenvalue weighted by atomic mass is 9.90. The number of carbonyl (C=O) groups excluding carboxylic acids is 2. The van der Waals surface area contributed by atoms with Crippen molar-refractivity contribution in [1.29, 1.82) is 0 Å². The van der Waals surface area contributed by atoms with E-state index in [0.29, 0.717) is 25.2 Å². The van der Waals surface area contributed by atoms with Crippen molar-refractivity contribution in [3.8, 4) is 5.69 Å². The molecule has 36 heavy (non-hydrogen) atoms. The van der Waals surface area contributed by atoms with E-state index in [-0.39, 0.29) is 17.9 Å². The second-order valence-corrected chi connectivity index (χ2v) is 10.6. The lowest BCUT2D eigenvalue weighted by molar-refractivity contribution is 0.0203. The Morgan fingerprint density at radius 1 is 1.06 bits per heavy atom. The highest BCUT2D eigenvalue weighted by Crippen LogP contribution is 2.33. The highest BCUT2D eigenvalue weighted by atomic mass is 16.6. The Morgan fingerprint density at radius 3 is 2.39 bits per heavy atom. The standard InChI is InChI=1S/C29H36N4O3/c1-20-11-12-25(21(2)17-20)33-26(23-13-15-32(16-14-23)28(35)36-29(3,4)5)24(19-31-33)27(34)30-18-22-9-7-6-8-10-22/h6-12,17,19,23H,13-16,18H2,1-5H3,(H,30,34). The molecule has 2 aromatic carbocycles. The van der Waals surface area contributed by atoms with Crippen LogP contribution in [0.4, 0.5) is 4.79 Å². The second kappa shape index (κ2) is 10.6. The number of likely N-dealkylation sites (tertiary alicyclic amines) is 1. The number of benzene rings is 2. The van der Waals surface area contributed by atoms with E-state index < -0.39 is 5.60 Å². The fourth-order valence-corrected chi connectivity index (χ4v) is 4.70. The normalized spacial score (nSPS) is 14.5. The van der Waals surface area contributed by atoms with Crippen molar-refractivity contribution in [2.75, 3.05) is 13.1 Å². The lowest BCUT2D eigenvalue weighted by Gasteiger charge is -2.34. The van der Waals surface area contributed by atoms with Gasteiger partial charge in [-0.25, -0.2) is 9.48 Å². The Bertz CT molecular complexity index is 1220. The molecule has 1 aliphatic rings. The molecule has 2 heterocycles. The maximum atomic E-state index is 13.3. The molecule has 3 aromatic rings. The maximum absolute atomic E-state index is 13.3. The Kier molecular flexibility index (Phi) is 7.48. The first-order valence-electron chi connectivity index (χ1n) is 12.6. The third-order valence-electron chi connectivity index (χ3n) is 6.46. The van der Waals surface area contributed by atoms with Gasteiger partial charge in [-0.3, -0.25) is 4.79 Å². The van der Waals surface area contributed by atoms with Crippen LogP contribution in [-0.2, 0) is 11.3 Å². The van der Waals surface area contributed by atoms with Gasteiger partial charge in [-0.2, -0.15) is 5.10 Å². The molecule has 1 saturated heterocycles. The maximum Gasteiger partial charge on any atom is 0.410 e. The van der Waals surface area contributed by atoms with Gasteiger partial charge in [0.1, 0.15) is 5.60 Å². The van der Waals surface area contributed by atoms with Gasteiger partial charge < -0.3 is 15.0 Å². The predicted molar refractivity (Wildman–Crippen MR) is 140 cm³/mol. The van der Waals surface area contributed by atoms with Crippen molar-refractivity contribution in [3.05, 3.63) is 82.7 Å². The quantitative estimate of drug-likeness (QED) is 0.512. The Balaban J connectivity index is 1.60. The molecule has 0 aliphatic carbocycles. The summed E-state index contributed by atoms with van der Waals surface area (Å²) < 4.78 is 7.48. The van der Waals surface area contributed by atoms with Crippen LogP contribution in [0.15, 0.2) is 54.7 Å². The summed E-state index contributed by atoms with van der Waals surface area (Å²) in [4.78, 5) is 27.7. The van der Waals surface area contributed by atoms with E-state index >= 15 is 0 Å². The summed E-state index contributed by atoms with van der Waals surface area (Å²) in [5.74, 6) is -0.0520. The van der Waals surface area contributed by atoms with Crippen LogP contribution < -0.4 is 5.32 Å². The van der Waals surface area contributed by atoms with E-state index in [9.17, 15) is 9.59 Å². The molecule has 1 aliphatic heterocycles. The van der Waals surface area contributed by atoms with Crippen LogP contribution in [0.3, 0.4) is 0 Å². The molecule has 0 bridgehead atoms. The molecule has 0 atom stereocenters. The number of rotatable bonds is 5. The van der Waals surface area contributed by atoms with Gasteiger partial charge in [0.05, 0.1) is 23.1 Å². The van der Waals surface area contributed by atoms with Crippen LogP contribution in [0.2, 0.25) is 0 Å². The minimum absolute atomic E-state index is 0.0874. The molecule has 2 amide bonds. The molecule has 7 heteroatoms. The number of nitrogens with zero attached hydrogens (tertiary/aromatic N) is 3. The highest BCUT2D eigenvalue weighted by molar-refractivity contribution is 5.95. The fraction of sp³-hybridized carbons (Fsp3) is 0.414. The third kappa shape index (κ3) is 5.96. The average molecular weight is 489 g/mol. The SMILES string of the molecule is Cc1ccc(-n2ncc(C(=O)NCc3ccccc3)c2C2CCN(C(=O)OC(C)(C)C)CC2)c(C)c1. The number of aromatic nitrogens is 2. The molecule has 190 valence electrons. The summed E-state index contributed by atoms with van der Waals surface area (Å²) in [6.07, 6.45) is 2.85. The van der Waals surface area contributed by atoms with Crippen molar-refractivity contribution in [2.45, 2.75) is 65.5 Å². The number of hydrogen-bond donors (Lipinski definition) is 1. The molecular formula is C29H36N4O3. The topological polar surface area (TPSA) is 76.5 Å². The summed E-state index contributed by atoms with van der Waals surface area (Å²) in [5, 5.41) is 7.74. The van der Waals surface area contributed by atoms with E-state index in [4.69, 9.17) is 4.74 Å². The number of ether oxygens (including phenoxy) is 1. The Hall–Kier alpha value is -3.61. The molecule has 1 N–H and O–H groups in total. The number of carbonyl (C=O) groups is 2. The summed E-state index contributed by atoms with van der Waals surface area (Å²) in [7, 11) is 0. The highest BCUT2D eigenvalue weighted by Gasteiger charge is 2.32. The van der Waals surface area contributed by atoms with Crippen LogP contribution in [0.5, 0.6) is 0 Å². The first-order valence-corrected chi connectivity index (χ1v) is 12.6. The smallest absolute Gasteiger partial charge is 0.410 e. The van der Waals surface area contributed by atoms with Crippen molar-refractivity contribution in [1.82, 2.24) is 20.0 Å². The van der Waals surface area contributed by atoms with E-state index in [1.807, 2.05) is 55.8 Å². The summed E-state index contributed by atoms with van der Waals surface area (Å²) in [6, 6.07) is 16.1. The van der Waals surface area contributed by atoms with Gasteiger partial charge in [0, 0.05) is 25.6 Å². The molecule has 1 fully saturated rings. The lowest BCUT2D eigenvalue weighted by Crippen LogP contribution is -2.41. The third-order valence-corrected chi connectivity index (χ3v) is 6.46. The number of nitrogens with one attached hydrogen (secondary N) is 1. The molecule has 0 saturated carbocycles. The van der Waals surface area contributed by atoms with E-state index in [2.05, 4.69) is 42.5 Å². The van der Waals surface area contributed by atoms with Crippen molar-refractivity contribution < 1.29 is 14.3 Å². The first kappa shape index (κ1) is 25.5. The van der Waals surface area contributed by atoms with Crippen LogP contribution in [0.25, 0.3) is 5.69 Å². The molecule has 1 aromatic heterocycles. The molecular weight excluding hydrogens is 452 g/mol. The average Bonchev–Trinajstić information content (AvgIpc) is 3.27. The van der Waals surface area contributed by atoms with Gasteiger partial charge in [-0.1, -0.05) is 48.0 Å². The molecule has 0 spiro atoms. The van der Waals surface area contributed by atoms with Crippen LogP contribution in [0, 0.1) is 13.8 Å². The van der Waals surface area contributed by atoms with Gasteiger partial charge in [0.25, 0.3) is 5.91 Å². The minimum atomic E-state index is -0.528. The Morgan fingerprint density at radius 2 is 1.75 bits per heavy atom. The fourth-order valence-electron chi connectivity index (χ4n) is 4.70. The largest absolute Gasteiger partial charge is 0.444 e. The first-order chi connectivity index (χ1) is 17.1. The van der Waals surface area contributed by atoms with E-state index in [1.54, 1.807) is 11.1 Å². The molecule has 0 unspecified atom stereocenters. The van der Waals surface area contributed by atoms with Gasteiger partial charge in [-0.05, 0) is 64.7 Å². The van der Waals surface area contributed by atoms with Crippen molar-refractivity contribution >= 4 is 12.0 Å². The van der Waals surface area contributed by atoms with Crippen LogP contribution in [0.1, 0.15) is 72.3 Å². The predicted octanol–water partition coefficient (Wildman–Crippen LogP) is 5.53. The van der Waals surface area contributed by atoms with E-state index in [0.717, 1.165) is 35.3 Å². The van der Waals surface area contributed by atoms with Crippen LogP contribution in [-0.4, -0.2) is 45.4 Å². The van der Waals surface area contributed by atoms with Crippen molar-refractivity contribution in [3.63, 3.8) is 0 Å². The zero-order chi connectivity index (χ0) is 25.9. The minimum Gasteiger partial charge on any atom is -0.444 e.